The molecule has 1 saturated heterocycles. The lowest BCUT2D eigenvalue weighted by Gasteiger charge is -2.35. The maximum Gasteiger partial charge on any atom is 0.249 e. The summed E-state index contributed by atoms with van der Waals surface area (Å²) < 4.78 is 4.04. The van der Waals surface area contributed by atoms with Crippen LogP contribution in [-0.4, -0.2) is 29.1 Å². The predicted octanol–water partition coefficient (Wildman–Crippen LogP) is 4.55. The number of nitrogens with zero attached hydrogens (tertiary/aromatic N) is 3. The maximum absolute atomic E-state index is 13.0. The number of carbonyl (C=O) groups is 1. The van der Waals surface area contributed by atoms with E-state index >= 15 is 0 Å². The van der Waals surface area contributed by atoms with E-state index in [1.54, 1.807) is 6.20 Å². The Bertz CT molecular complexity index is 1270. The summed E-state index contributed by atoms with van der Waals surface area (Å²) >= 11 is 9.82. The van der Waals surface area contributed by atoms with E-state index < -0.39 is 0 Å². The first-order valence-corrected chi connectivity index (χ1v) is 12.7. The van der Waals surface area contributed by atoms with E-state index in [9.17, 15) is 10.0 Å². The lowest BCUT2D eigenvalue weighted by atomic mass is 9.76. The third-order valence-corrected chi connectivity index (χ3v) is 7.64. The highest BCUT2D eigenvalue weighted by molar-refractivity contribution is 9.10. The van der Waals surface area contributed by atoms with Gasteiger partial charge in [-0.3, -0.25) is 10.0 Å². The van der Waals surface area contributed by atoms with Crippen LogP contribution in [0.4, 0.5) is 0 Å². The Hall–Kier alpha value is -2.70. The minimum Gasteiger partial charge on any atom is -0.342 e. The summed E-state index contributed by atoms with van der Waals surface area (Å²) in [5.41, 5.74) is 5.12. The van der Waals surface area contributed by atoms with Crippen LogP contribution in [0.2, 0.25) is 5.02 Å². The van der Waals surface area contributed by atoms with E-state index in [1.165, 1.54) is 4.73 Å². The van der Waals surface area contributed by atoms with Gasteiger partial charge in [-0.2, -0.15) is 0 Å². The minimum atomic E-state index is 0.00161. The molecule has 7 heteroatoms. The molecular formula is C27H27BrClN3O2+2. The van der Waals surface area contributed by atoms with Crippen LogP contribution in [-0.2, 0) is 18.3 Å². The Labute approximate surface area is 213 Å². The van der Waals surface area contributed by atoms with Crippen molar-refractivity contribution in [2.24, 2.45) is 13.0 Å². The van der Waals surface area contributed by atoms with Gasteiger partial charge in [0.2, 0.25) is 17.8 Å². The molecule has 0 bridgehead atoms. The second kappa shape index (κ2) is 9.51. The minimum absolute atomic E-state index is 0.00161. The van der Waals surface area contributed by atoms with Gasteiger partial charge >= 0.3 is 0 Å². The standard InChI is InChI=1S/C27H27BrClN3O2/c1-30-10-6-18(7-11-30)14-25(33)31-12-8-19(9-13-31)26-24-5-4-23(29)16-20(24)2-3-21-15-22(28)17-32(34)27(21)26/h2-7,10-11,15-17,19,26,34H,8-9,12-14H2,1H3/q+2. The topological polar surface area (TPSA) is 48.3 Å². The van der Waals surface area contributed by atoms with Crippen molar-refractivity contribution in [1.82, 2.24) is 4.90 Å². The molecule has 1 N–H and O–H groups in total. The van der Waals surface area contributed by atoms with Gasteiger partial charge in [-0.05, 0) is 75.7 Å². The van der Waals surface area contributed by atoms with Crippen LogP contribution in [0, 0.1) is 5.92 Å². The van der Waals surface area contributed by atoms with Crippen molar-refractivity contribution in [3.63, 3.8) is 0 Å². The number of aryl methyl sites for hydroxylation is 1. The number of hydrogen-bond acceptors (Lipinski definition) is 2. The van der Waals surface area contributed by atoms with Gasteiger partial charge in [0.25, 0.3) is 0 Å². The molecule has 3 aromatic rings. The molecule has 1 fully saturated rings. The van der Waals surface area contributed by atoms with Crippen molar-refractivity contribution in [2.45, 2.75) is 25.2 Å². The second-order valence-electron chi connectivity index (χ2n) is 9.19. The first-order valence-electron chi connectivity index (χ1n) is 11.5. The van der Waals surface area contributed by atoms with Crippen molar-refractivity contribution in [3.05, 3.63) is 92.4 Å². The summed E-state index contributed by atoms with van der Waals surface area (Å²) in [5, 5.41) is 11.6. The van der Waals surface area contributed by atoms with Crippen LogP contribution in [0.15, 0.2) is 59.5 Å². The third-order valence-electron chi connectivity index (χ3n) is 6.97. The molecular weight excluding hydrogens is 514 g/mol. The summed E-state index contributed by atoms with van der Waals surface area (Å²) in [4.78, 5) is 14.9. The molecule has 34 heavy (non-hydrogen) atoms. The van der Waals surface area contributed by atoms with Gasteiger partial charge < -0.3 is 4.90 Å². The van der Waals surface area contributed by atoms with Crippen LogP contribution in [0.1, 0.15) is 46.7 Å². The zero-order valence-electron chi connectivity index (χ0n) is 19.0. The molecule has 1 aromatic carbocycles. The maximum atomic E-state index is 13.0. The SMILES string of the molecule is C[n+]1ccc(CC(=O)N2CCC(C3c4ccc(Cl)cc4C=Cc4cc(Br)c[n+](O)c43)CC2)cc1. The average Bonchev–Trinajstić information content (AvgIpc) is 2.97. The van der Waals surface area contributed by atoms with E-state index in [-0.39, 0.29) is 17.7 Å². The van der Waals surface area contributed by atoms with Crippen molar-refractivity contribution < 1.29 is 19.3 Å². The summed E-state index contributed by atoms with van der Waals surface area (Å²) in [6.07, 6.45) is 11.9. The molecule has 3 heterocycles. The summed E-state index contributed by atoms with van der Waals surface area (Å²) in [6, 6.07) is 12.0. The molecule has 2 aliphatic rings. The Kier molecular flexibility index (Phi) is 6.45. The molecule has 1 unspecified atom stereocenters. The van der Waals surface area contributed by atoms with E-state index in [0.717, 1.165) is 45.3 Å². The molecule has 0 saturated carbocycles. The van der Waals surface area contributed by atoms with Gasteiger partial charge in [-0.15, -0.1) is 0 Å². The average molecular weight is 541 g/mol. The Morgan fingerprint density at radius 1 is 1.12 bits per heavy atom. The van der Waals surface area contributed by atoms with Gasteiger partial charge in [0.1, 0.15) is 7.05 Å². The summed E-state index contributed by atoms with van der Waals surface area (Å²) in [5.74, 6) is 0.461. The first-order chi connectivity index (χ1) is 16.4. The molecule has 5 nitrogen and oxygen atoms in total. The van der Waals surface area contributed by atoms with Gasteiger partial charge in [-0.25, -0.2) is 4.57 Å². The van der Waals surface area contributed by atoms with Crippen LogP contribution in [0.5, 0.6) is 0 Å². The van der Waals surface area contributed by atoms with Crippen molar-refractivity contribution in [3.8, 4) is 0 Å². The van der Waals surface area contributed by atoms with Crippen LogP contribution in [0.25, 0.3) is 12.2 Å². The van der Waals surface area contributed by atoms with Crippen molar-refractivity contribution in [2.75, 3.05) is 13.1 Å². The van der Waals surface area contributed by atoms with Crippen molar-refractivity contribution >= 4 is 45.6 Å². The first kappa shape index (κ1) is 23.1. The number of carbonyl (C=O) groups excluding carboxylic acids is 1. The number of likely N-dealkylation sites (tertiary alicyclic amines) is 1. The lowest BCUT2D eigenvalue weighted by Crippen LogP contribution is -2.44. The molecule has 2 aromatic heterocycles. The fourth-order valence-electron chi connectivity index (χ4n) is 5.23. The number of piperidine rings is 1. The fourth-order valence-corrected chi connectivity index (χ4v) is 5.85. The Balaban J connectivity index is 1.40. The zero-order valence-corrected chi connectivity index (χ0v) is 21.3. The highest BCUT2D eigenvalue weighted by atomic mass is 79.9. The predicted molar refractivity (Wildman–Crippen MR) is 134 cm³/mol. The summed E-state index contributed by atoms with van der Waals surface area (Å²) in [7, 11) is 1.97. The Morgan fingerprint density at radius 2 is 1.82 bits per heavy atom. The molecule has 1 aliphatic carbocycles. The van der Waals surface area contributed by atoms with E-state index in [0.29, 0.717) is 24.5 Å². The van der Waals surface area contributed by atoms with Crippen LogP contribution in [0.3, 0.4) is 0 Å². The van der Waals surface area contributed by atoms with E-state index in [2.05, 4.69) is 28.1 Å². The molecule has 0 spiro atoms. The number of aromatic nitrogens is 2. The molecule has 174 valence electrons. The smallest absolute Gasteiger partial charge is 0.249 e. The zero-order chi connectivity index (χ0) is 23.8. The van der Waals surface area contributed by atoms with Crippen LogP contribution >= 0.6 is 27.5 Å². The fraction of sp³-hybridized carbons (Fsp3) is 0.296. The van der Waals surface area contributed by atoms with Crippen LogP contribution < -0.4 is 9.30 Å². The number of amides is 1. The van der Waals surface area contributed by atoms with E-state index in [1.807, 2.05) is 65.3 Å². The van der Waals surface area contributed by atoms with Gasteiger partial charge in [-0.1, -0.05) is 23.7 Å². The number of pyridine rings is 2. The van der Waals surface area contributed by atoms with E-state index in [4.69, 9.17) is 11.6 Å². The lowest BCUT2D eigenvalue weighted by molar-refractivity contribution is -0.910. The molecule has 0 radical (unpaired) electrons. The quantitative estimate of drug-likeness (QED) is 0.391. The monoisotopic (exact) mass is 539 g/mol. The molecule has 5 rings (SSSR count). The van der Waals surface area contributed by atoms with Gasteiger partial charge in [0, 0.05) is 40.5 Å². The third kappa shape index (κ3) is 4.62. The number of benzene rings is 1. The van der Waals surface area contributed by atoms with Gasteiger partial charge in [0.15, 0.2) is 12.4 Å². The highest BCUT2D eigenvalue weighted by Crippen LogP contribution is 2.42. The molecule has 1 atom stereocenters. The number of hydrogen-bond donors (Lipinski definition) is 1. The summed E-state index contributed by atoms with van der Waals surface area (Å²) in [6.45, 7) is 1.43. The largest absolute Gasteiger partial charge is 0.342 e. The number of halogens is 2. The number of fused-ring (bicyclic) bond motifs is 2. The second-order valence-corrected chi connectivity index (χ2v) is 10.5. The highest BCUT2D eigenvalue weighted by Gasteiger charge is 2.39. The number of rotatable bonds is 3. The molecule has 1 amide bonds. The van der Waals surface area contributed by atoms with Crippen molar-refractivity contribution in [1.29, 1.82) is 0 Å². The molecule has 1 aliphatic heterocycles. The normalized spacial score (nSPS) is 17.7. The Morgan fingerprint density at radius 3 is 2.56 bits per heavy atom. The van der Waals surface area contributed by atoms with Gasteiger partial charge in [0.05, 0.1) is 16.8 Å².